The van der Waals surface area contributed by atoms with E-state index in [1.807, 2.05) is 12.1 Å². The van der Waals surface area contributed by atoms with E-state index in [2.05, 4.69) is 15.3 Å². The summed E-state index contributed by atoms with van der Waals surface area (Å²) in [6.07, 6.45) is 3.27. The van der Waals surface area contributed by atoms with Gasteiger partial charge < -0.3 is 5.32 Å². The van der Waals surface area contributed by atoms with Crippen molar-refractivity contribution in [2.75, 3.05) is 0 Å². The van der Waals surface area contributed by atoms with Gasteiger partial charge in [0.2, 0.25) is 10.0 Å². The molecule has 0 unspecified atom stereocenters. The van der Waals surface area contributed by atoms with Crippen LogP contribution < -0.4 is 10.5 Å². The molecule has 7 nitrogen and oxygen atoms in total. The number of pyridine rings is 2. The maximum absolute atomic E-state index is 12.6. The van der Waals surface area contributed by atoms with Gasteiger partial charge in [-0.15, -0.1) is 0 Å². The Morgan fingerprint density at radius 1 is 0.885 bits per heavy atom. The Hall–Kier alpha value is -3.10. The summed E-state index contributed by atoms with van der Waals surface area (Å²) in [5.74, 6) is -0.382. The summed E-state index contributed by atoms with van der Waals surface area (Å²) in [5.41, 5.74) is 1.58. The van der Waals surface area contributed by atoms with Crippen LogP contribution in [0.5, 0.6) is 0 Å². The standard InChI is InChI=1S/C18H16N4O3S/c19-26(24,25)14-9-7-13(8-10-14)18(23)22-17(15-5-1-3-11-20-15)16-6-2-4-12-21-16/h1-12,17H,(H,22,23)(H2,19,24,25). The lowest BCUT2D eigenvalue weighted by Gasteiger charge is -2.18. The van der Waals surface area contributed by atoms with Gasteiger partial charge in [0.15, 0.2) is 0 Å². The molecule has 0 radical (unpaired) electrons. The molecule has 0 atom stereocenters. The third-order valence-corrected chi connectivity index (χ3v) is 4.62. The number of nitrogens with two attached hydrogens (primary N) is 1. The summed E-state index contributed by atoms with van der Waals surface area (Å²) in [6, 6.07) is 15.7. The molecule has 0 fully saturated rings. The van der Waals surface area contributed by atoms with E-state index in [0.717, 1.165) is 0 Å². The summed E-state index contributed by atoms with van der Waals surface area (Å²) in [4.78, 5) is 21.2. The van der Waals surface area contributed by atoms with Crippen molar-refractivity contribution in [2.24, 2.45) is 5.14 Å². The molecule has 0 saturated heterocycles. The van der Waals surface area contributed by atoms with Crippen molar-refractivity contribution in [3.05, 3.63) is 90.0 Å². The number of sulfonamides is 1. The fourth-order valence-corrected chi connectivity index (χ4v) is 2.92. The van der Waals surface area contributed by atoms with Gasteiger partial charge in [0.25, 0.3) is 5.91 Å². The van der Waals surface area contributed by atoms with Gasteiger partial charge in [-0.3, -0.25) is 14.8 Å². The smallest absolute Gasteiger partial charge is 0.252 e. The second-order valence-electron chi connectivity index (χ2n) is 5.49. The predicted octanol–water partition coefficient (Wildman–Crippen LogP) is 1.64. The molecule has 0 aliphatic heterocycles. The van der Waals surface area contributed by atoms with Gasteiger partial charge >= 0.3 is 0 Å². The topological polar surface area (TPSA) is 115 Å². The normalized spacial score (nSPS) is 11.3. The first-order valence-corrected chi connectivity index (χ1v) is 9.25. The Kier molecular flexibility index (Phi) is 5.06. The van der Waals surface area contributed by atoms with Crippen molar-refractivity contribution in [2.45, 2.75) is 10.9 Å². The van der Waals surface area contributed by atoms with Crippen molar-refractivity contribution in [3.63, 3.8) is 0 Å². The van der Waals surface area contributed by atoms with E-state index in [9.17, 15) is 13.2 Å². The lowest BCUT2D eigenvalue weighted by Crippen LogP contribution is -2.30. The lowest BCUT2D eigenvalue weighted by molar-refractivity contribution is 0.0941. The van der Waals surface area contributed by atoms with Crippen LogP contribution in [0, 0.1) is 0 Å². The van der Waals surface area contributed by atoms with Crippen molar-refractivity contribution < 1.29 is 13.2 Å². The molecule has 3 rings (SSSR count). The zero-order valence-corrected chi connectivity index (χ0v) is 14.4. The van der Waals surface area contributed by atoms with Gasteiger partial charge in [0.1, 0.15) is 6.04 Å². The SMILES string of the molecule is NS(=O)(=O)c1ccc(C(=O)NC(c2ccccn2)c2ccccn2)cc1. The molecule has 1 aromatic carbocycles. The van der Waals surface area contributed by atoms with E-state index in [-0.39, 0.29) is 10.8 Å². The highest BCUT2D eigenvalue weighted by atomic mass is 32.2. The van der Waals surface area contributed by atoms with E-state index in [4.69, 9.17) is 5.14 Å². The zero-order chi connectivity index (χ0) is 18.6. The van der Waals surface area contributed by atoms with Crippen LogP contribution in [0.15, 0.2) is 78.0 Å². The summed E-state index contributed by atoms with van der Waals surface area (Å²) >= 11 is 0. The molecule has 0 saturated carbocycles. The average molecular weight is 368 g/mol. The number of primary sulfonamides is 1. The number of hydrogen-bond acceptors (Lipinski definition) is 5. The number of aromatic nitrogens is 2. The number of nitrogens with one attached hydrogen (secondary N) is 1. The molecule has 3 aromatic rings. The molecule has 2 heterocycles. The zero-order valence-electron chi connectivity index (χ0n) is 13.6. The molecule has 1 amide bonds. The molecule has 26 heavy (non-hydrogen) atoms. The molecule has 0 bridgehead atoms. The number of benzene rings is 1. The summed E-state index contributed by atoms with van der Waals surface area (Å²) in [7, 11) is -3.81. The average Bonchev–Trinajstić information content (AvgIpc) is 2.67. The number of amides is 1. The maximum Gasteiger partial charge on any atom is 0.252 e. The first kappa shape index (κ1) is 17.7. The predicted molar refractivity (Wildman–Crippen MR) is 95.6 cm³/mol. The largest absolute Gasteiger partial charge is 0.338 e. The Bertz CT molecular complexity index is 952. The lowest BCUT2D eigenvalue weighted by atomic mass is 10.1. The minimum absolute atomic E-state index is 0.0555. The van der Waals surface area contributed by atoms with Crippen molar-refractivity contribution in [1.29, 1.82) is 0 Å². The fourth-order valence-electron chi connectivity index (χ4n) is 2.40. The van der Waals surface area contributed by atoms with Crippen molar-refractivity contribution in [1.82, 2.24) is 15.3 Å². The first-order valence-electron chi connectivity index (χ1n) is 7.71. The Labute approximate surface area is 151 Å². The van der Waals surface area contributed by atoms with E-state index in [1.54, 1.807) is 36.7 Å². The van der Waals surface area contributed by atoms with Crippen LogP contribution in [0.25, 0.3) is 0 Å². The highest BCUT2D eigenvalue weighted by Gasteiger charge is 2.20. The maximum atomic E-state index is 12.6. The molecule has 8 heteroatoms. The molecular weight excluding hydrogens is 352 g/mol. The number of carbonyl (C=O) groups excluding carboxylic acids is 1. The molecule has 3 N–H and O–H groups in total. The number of hydrogen-bond donors (Lipinski definition) is 2. The van der Waals surface area contributed by atoms with Gasteiger partial charge in [0.05, 0.1) is 16.3 Å². The van der Waals surface area contributed by atoms with E-state index in [1.165, 1.54) is 24.3 Å². The Balaban J connectivity index is 1.88. The molecule has 132 valence electrons. The molecule has 2 aromatic heterocycles. The molecule has 0 aliphatic rings. The van der Waals surface area contributed by atoms with Crippen molar-refractivity contribution in [3.8, 4) is 0 Å². The van der Waals surface area contributed by atoms with Gasteiger partial charge in [-0.05, 0) is 48.5 Å². The van der Waals surface area contributed by atoms with Crippen LogP contribution in [0.1, 0.15) is 27.8 Å². The first-order chi connectivity index (χ1) is 12.4. The van der Waals surface area contributed by atoms with Gasteiger partial charge in [-0.2, -0.15) is 0 Å². The summed E-state index contributed by atoms with van der Waals surface area (Å²) in [5, 5.41) is 7.95. The van der Waals surface area contributed by atoms with E-state index >= 15 is 0 Å². The third kappa shape index (κ3) is 4.11. The van der Waals surface area contributed by atoms with Crippen LogP contribution in [-0.4, -0.2) is 24.3 Å². The Morgan fingerprint density at radius 3 is 1.85 bits per heavy atom. The van der Waals surface area contributed by atoms with Crippen molar-refractivity contribution >= 4 is 15.9 Å². The molecular formula is C18H16N4O3S. The van der Waals surface area contributed by atoms with Crippen LogP contribution in [0.4, 0.5) is 0 Å². The van der Waals surface area contributed by atoms with Gasteiger partial charge in [-0.25, -0.2) is 13.6 Å². The van der Waals surface area contributed by atoms with Crippen LogP contribution in [0.3, 0.4) is 0 Å². The number of carbonyl (C=O) groups is 1. The number of nitrogens with zero attached hydrogens (tertiary/aromatic N) is 2. The second kappa shape index (κ2) is 7.42. The minimum atomic E-state index is -3.81. The Morgan fingerprint density at radius 2 is 1.42 bits per heavy atom. The number of rotatable bonds is 5. The van der Waals surface area contributed by atoms with Crippen LogP contribution >= 0.6 is 0 Å². The second-order valence-corrected chi connectivity index (χ2v) is 7.05. The summed E-state index contributed by atoms with van der Waals surface area (Å²) < 4.78 is 22.6. The third-order valence-electron chi connectivity index (χ3n) is 3.69. The molecule has 0 spiro atoms. The highest BCUT2D eigenvalue weighted by Crippen LogP contribution is 2.19. The van der Waals surface area contributed by atoms with Crippen LogP contribution in [-0.2, 0) is 10.0 Å². The quantitative estimate of drug-likeness (QED) is 0.710. The molecule has 0 aliphatic carbocycles. The highest BCUT2D eigenvalue weighted by molar-refractivity contribution is 7.89. The fraction of sp³-hybridized carbons (Fsp3) is 0.0556. The summed E-state index contributed by atoms with van der Waals surface area (Å²) in [6.45, 7) is 0. The van der Waals surface area contributed by atoms with E-state index in [0.29, 0.717) is 17.0 Å². The monoisotopic (exact) mass is 368 g/mol. The van der Waals surface area contributed by atoms with Gasteiger partial charge in [-0.1, -0.05) is 12.1 Å². The van der Waals surface area contributed by atoms with E-state index < -0.39 is 16.1 Å². The van der Waals surface area contributed by atoms with Gasteiger partial charge in [0, 0.05) is 18.0 Å². The minimum Gasteiger partial charge on any atom is -0.338 e. The van der Waals surface area contributed by atoms with Crippen LogP contribution in [0.2, 0.25) is 0 Å².